The number of phenolic OH excluding ortho intramolecular Hbond substituents is 1. The molecule has 0 fully saturated rings. The van der Waals surface area contributed by atoms with Crippen LogP contribution >= 0.6 is 7.26 Å². The van der Waals surface area contributed by atoms with E-state index in [0.717, 1.165) is 19.0 Å². The van der Waals surface area contributed by atoms with Crippen molar-refractivity contribution in [3.8, 4) is 5.75 Å². The highest BCUT2D eigenvalue weighted by Gasteiger charge is 2.44. The van der Waals surface area contributed by atoms with Gasteiger partial charge in [0.1, 0.15) is 39.0 Å². The van der Waals surface area contributed by atoms with E-state index in [2.05, 4.69) is 91.0 Å². The molecule has 47 heavy (non-hydrogen) atoms. The van der Waals surface area contributed by atoms with Gasteiger partial charge in [-0.3, -0.25) is 4.79 Å². The van der Waals surface area contributed by atoms with Crippen molar-refractivity contribution in [2.45, 2.75) is 83.5 Å². The minimum absolute atomic E-state index is 0.0624. The Hall–Kier alpha value is -3.51. The van der Waals surface area contributed by atoms with E-state index < -0.39 is 28.2 Å². The maximum Gasteiger partial charge on any atom is 0.305 e. The molecule has 0 heterocycles. The molecule has 0 bridgehead atoms. The topological polar surface area (TPSA) is 104 Å². The smallest absolute Gasteiger partial charge is 0.305 e. The third kappa shape index (κ3) is 9.99. The Labute approximate surface area is 282 Å². The second-order valence-corrected chi connectivity index (χ2v) is 18.6. The van der Waals surface area contributed by atoms with Crippen LogP contribution in [0.1, 0.15) is 78.9 Å². The summed E-state index contributed by atoms with van der Waals surface area (Å²) in [6.07, 6.45) is 3.38. The Balaban J connectivity index is 0.000000277. The lowest BCUT2D eigenvalue weighted by atomic mass is 9.79. The van der Waals surface area contributed by atoms with Gasteiger partial charge in [0.2, 0.25) is 0 Å². The van der Waals surface area contributed by atoms with Crippen LogP contribution in [-0.4, -0.2) is 36.8 Å². The van der Waals surface area contributed by atoms with Gasteiger partial charge in [-0.15, -0.1) is 0 Å². The molecule has 1 N–H and O–H groups in total. The van der Waals surface area contributed by atoms with Crippen molar-refractivity contribution < 1.29 is 27.6 Å². The fourth-order valence-corrected chi connectivity index (χ4v) is 10.6. The van der Waals surface area contributed by atoms with Gasteiger partial charge in [-0.05, 0) is 79.1 Å². The van der Waals surface area contributed by atoms with Gasteiger partial charge in [0.05, 0.1) is 17.7 Å². The van der Waals surface area contributed by atoms with E-state index in [0.29, 0.717) is 24.2 Å². The first kappa shape index (κ1) is 37.9. The Kier molecular flexibility index (Phi) is 13.0. The van der Waals surface area contributed by atoms with Crippen LogP contribution < -0.4 is 15.9 Å². The van der Waals surface area contributed by atoms with E-state index in [1.54, 1.807) is 0 Å². The summed E-state index contributed by atoms with van der Waals surface area (Å²) in [7, 11) is -6.33. The van der Waals surface area contributed by atoms with Crippen LogP contribution in [0.25, 0.3) is 0 Å². The van der Waals surface area contributed by atoms with Crippen molar-refractivity contribution >= 4 is 39.3 Å². The van der Waals surface area contributed by atoms with Crippen LogP contribution in [0, 0.1) is 0 Å². The normalized spacial score (nSPS) is 12.2. The number of carbonyl (C=O) groups is 1. The average molecular weight is 677 g/mol. The summed E-state index contributed by atoms with van der Waals surface area (Å²) < 4.78 is 38.9. The van der Waals surface area contributed by atoms with Crippen molar-refractivity contribution in [1.82, 2.24) is 0 Å². The summed E-state index contributed by atoms with van der Waals surface area (Å²) >= 11 is 0. The molecule has 0 amide bonds. The monoisotopic (exact) mass is 676 g/mol. The van der Waals surface area contributed by atoms with Crippen LogP contribution in [0.4, 0.5) is 0 Å². The van der Waals surface area contributed by atoms with Gasteiger partial charge in [-0.2, -0.15) is 0 Å². The zero-order valence-corrected chi connectivity index (χ0v) is 30.4. The van der Waals surface area contributed by atoms with Crippen molar-refractivity contribution in [3.05, 3.63) is 114 Å². The minimum atomic E-state index is -4.55. The van der Waals surface area contributed by atoms with Crippen LogP contribution in [0.2, 0.25) is 0 Å². The number of hydrogen-bond donors (Lipinski definition) is 1. The van der Waals surface area contributed by atoms with Crippen LogP contribution in [0.15, 0.2) is 108 Å². The van der Waals surface area contributed by atoms with Crippen molar-refractivity contribution in [2.24, 2.45) is 0 Å². The number of carbonyl (C=O) groups excluding carboxylic acids is 1. The van der Waals surface area contributed by atoms with Crippen molar-refractivity contribution in [2.75, 3.05) is 12.8 Å². The molecule has 8 heteroatoms. The first-order valence-corrected chi connectivity index (χ1v) is 19.4. The highest BCUT2D eigenvalue weighted by molar-refractivity contribution is 7.95. The lowest BCUT2D eigenvalue weighted by Gasteiger charge is -2.28. The highest BCUT2D eigenvalue weighted by Crippen LogP contribution is 2.56. The highest BCUT2D eigenvalue weighted by atomic mass is 32.2. The molecule has 4 aromatic carbocycles. The van der Waals surface area contributed by atoms with Crippen molar-refractivity contribution in [3.63, 3.8) is 0 Å². The van der Waals surface area contributed by atoms with E-state index in [1.807, 2.05) is 48.5 Å². The SMILES string of the molecule is CC(C)(C)c1cc(S(=O)(=O)[O-])cc(C(C)(C)C)c1O.CCOC(=O)CCCC[P+](c1ccccc1)(c1ccccc1)c1ccccc1. The molecular formula is C39H49O6PS. The van der Waals surface area contributed by atoms with Crippen molar-refractivity contribution in [1.29, 1.82) is 0 Å². The molecule has 0 spiro atoms. The Bertz CT molecular complexity index is 1560. The molecule has 0 unspecified atom stereocenters. The largest absolute Gasteiger partial charge is 0.744 e. The Morgan fingerprint density at radius 3 is 1.43 bits per heavy atom. The van der Waals surface area contributed by atoms with Gasteiger partial charge in [0.15, 0.2) is 0 Å². The fourth-order valence-electron chi connectivity index (χ4n) is 5.63. The third-order valence-electron chi connectivity index (χ3n) is 8.01. The summed E-state index contributed by atoms with van der Waals surface area (Å²) in [6.45, 7) is 13.4. The molecule has 0 radical (unpaired) electrons. The maximum atomic E-state index is 11.8. The van der Waals surface area contributed by atoms with Gasteiger partial charge >= 0.3 is 5.97 Å². The number of hydrogen-bond acceptors (Lipinski definition) is 6. The first-order chi connectivity index (χ1) is 22.0. The molecule has 0 aromatic heterocycles. The van der Waals surface area contributed by atoms with E-state index in [-0.39, 0.29) is 16.6 Å². The molecule has 0 aliphatic heterocycles. The molecule has 252 valence electrons. The molecule has 0 aliphatic carbocycles. The predicted molar refractivity (Wildman–Crippen MR) is 194 cm³/mol. The lowest BCUT2D eigenvalue weighted by molar-refractivity contribution is -0.143. The minimum Gasteiger partial charge on any atom is -0.744 e. The summed E-state index contributed by atoms with van der Waals surface area (Å²) in [6, 6.07) is 35.2. The first-order valence-electron chi connectivity index (χ1n) is 16.1. The van der Waals surface area contributed by atoms with E-state index >= 15 is 0 Å². The molecule has 0 saturated heterocycles. The Morgan fingerprint density at radius 2 is 1.11 bits per heavy atom. The summed E-state index contributed by atoms with van der Waals surface area (Å²) in [5.41, 5.74) is 0.0268. The zero-order chi connectivity index (χ0) is 34.9. The molecular weight excluding hydrogens is 627 g/mol. The molecule has 0 atom stereocenters. The average Bonchev–Trinajstić information content (AvgIpc) is 3.01. The van der Waals surface area contributed by atoms with Gasteiger partial charge in [-0.1, -0.05) is 96.1 Å². The molecule has 6 nitrogen and oxygen atoms in total. The number of benzene rings is 4. The fraction of sp³-hybridized carbons (Fsp3) is 0.359. The molecule has 0 saturated carbocycles. The lowest BCUT2D eigenvalue weighted by Crippen LogP contribution is -2.33. The second kappa shape index (κ2) is 16.1. The summed E-state index contributed by atoms with van der Waals surface area (Å²) in [5.74, 6) is -0.0297. The second-order valence-electron chi connectivity index (χ2n) is 13.6. The van der Waals surface area contributed by atoms with Gasteiger partial charge < -0.3 is 14.4 Å². The molecule has 4 rings (SSSR count). The van der Waals surface area contributed by atoms with Crippen LogP contribution in [-0.2, 0) is 30.5 Å². The van der Waals surface area contributed by atoms with Crippen LogP contribution in [0.5, 0.6) is 5.75 Å². The zero-order valence-electron chi connectivity index (χ0n) is 28.7. The number of unbranched alkanes of at least 4 members (excludes halogenated alkanes) is 1. The number of phenols is 1. The summed E-state index contributed by atoms with van der Waals surface area (Å²) in [4.78, 5) is 11.5. The third-order valence-corrected chi connectivity index (χ3v) is 13.3. The molecule has 4 aromatic rings. The van der Waals surface area contributed by atoms with E-state index in [4.69, 9.17) is 4.74 Å². The van der Waals surface area contributed by atoms with Gasteiger partial charge in [0.25, 0.3) is 0 Å². The number of ether oxygens (including phenoxy) is 1. The Morgan fingerprint density at radius 1 is 0.723 bits per heavy atom. The van der Waals surface area contributed by atoms with Gasteiger partial charge in [0, 0.05) is 17.5 Å². The standard InChI is InChI=1S/C25H28O2P.C14H22O4S/c1-2-27-25(26)20-12-13-21-28(22-14-6-3-7-15-22,23-16-8-4-9-17-23)24-18-10-5-11-19-24;1-13(2,3)10-7-9(19(16,17)18)8-11(12(10)15)14(4,5)6/h3-11,14-19H,2,12-13,20-21H2,1H3;7-8,15H,1-6H3,(H,16,17,18)/q+1;/p-1. The van der Waals surface area contributed by atoms with E-state index in [9.17, 15) is 22.9 Å². The molecule has 0 aliphatic rings. The quantitative estimate of drug-likeness (QED) is 0.0803. The van der Waals surface area contributed by atoms with E-state index in [1.165, 1.54) is 28.0 Å². The maximum absolute atomic E-state index is 11.8. The number of esters is 1. The van der Waals surface area contributed by atoms with Gasteiger partial charge in [-0.25, -0.2) is 8.42 Å². The number of rotatable bonds is 10. The van der Waals surface area contributed by atoms with Crippen LogP contribution in [0.3, 0.4) is 0 Å². The predicted octanol–water partition coefficient (Wildman–Crippen LogP) is 7.61. The number of aromatic hydroxyl groups is 1. The summed E-state index contributed by atoms with van der Waals surface area (Å²) in [5, 5.41) is 14.5.